The zero-order chi connectivity index (χ0) is 15.0. The average Bonchev–Trinajstić information content (AvgIpc) is 3.04. The highest BCUT2D eigenvalue weighted by molar-refractivity contribution is 7.22. The lowest BCUT2D eigenvalue weighted by molar-refractivity contribution is 0.102. The first kappa shape index (κ1) is 13.8. The Morgan fingerprint density at radius 3 is 2.90 bits per heavy atom. The van der Waals surface area contributed by atoms with E-state index < -0.39 is 0 Å². The van der Waals surface area contributed by atoms with Crippen molar-refractivity contribution in [3.63, 3.8) is 0 Å². The highest BCUT2D eigenvalue weighted by Crippen LogP contribution is 2.29. The number of fused-ring (bicyclic) bond motifs is 1. The van der Waals surface area contributed by atoms with Gasteiger partial charge in [0.05, 0.1) is 10.2 Å². The number of aromatic nitrogens is 3. The maximum absolute atomic E-state index is 12.2. The Labute approximate surface area is 126 Å². The molecule has 0 spiro atoms. The van der Waals surface area contributed by atoms with Crippen LogP contribution in [0, 0.1) is 13.8 Å². The van der Waals surface area contributed by atoms with Gasteiger partial charge in [0, 0.05) is 12.7 Å². The molecule has 0 saturated heterocycles. The highest BCUT2D eigenvalue weighted by Gasteiger charge is 2.13. The first-order valence-electron chi connectivity index (χ1n) is 6.79. The molecule has 0 saturated carbocycles. The van der Waals surface area contributed by atoms with Gasteiger partial charge in [0.25, 0.3) is 5.91 Å². The van der Waals surface area contributed by atoms with E-state index in [1.54, 1.807) is 16.9 Å². The molecule has 0 fully saturated rings. The van der Waals surface area contributed by atoms with Crippen LogP contribution in [-0.2, 0) is 6.54 Å². The Kier molecular flexibility index (Phi) is 3.47. The van der Waals surface area contributed by atoms with Gasteiger partial charge in [0.1, 0.15) is 0 Å². The van der Waals surface area contributed by atoms with Crippen LogP contribution in [-0.4, -0.2) is 20.7 Å². The number of carbonyl (C=O) groups is 1. The summed E-state index contributed by atoms with van der Waals surface area (Å²) in [7, 11) is 0. The van der Waals surface area contributed by atoms with E-state index in [4.69, 9.17) is 0 Å². The topological polar surface area (TPSA) is 59.8 Å². The van der Waals surface area contributed by atoms with Crippen LogP contribution in [0.5, 0.6) is 0 Å². The summed E-state index contributed by atoms with van der Waals surface area (Å²) < 4.78 is 2.81. The fourth-order valence-electron chi connectivity index (χ4n) is 2.24. The molecule has 0 aliphatic carbocycles. The summed E-state index contributed by atoms with van der Waals surface area (Å²) in [6.07, 6.45) is 1.79. The SMILES string of the molecule is CCn1ccc(C(=O)Nc2nc3c(C)cc(C)cc3s2)n1. The number of nitrogens with one attached hydrogen (secondary N) is 1. The van der Waals surface area contributed by atoms with Crippen molar-refractivity contribution in [2.24, 2.45) is 0 Å². The number of aryl methyl sites for hydroxylation is 3. The molecule has 1 N–H and O–H groups in total. The Hall–Kier alpha value is -2.21. The summed E-state index contributed by atoms with van der Waals surface area (Å²) in [6.45, 7) is 6.81. The zero-order valence-corrected chi connectivity index (χ0v) is 13.0. The fourth-order valence-corrected chi connectivity index (χ4v) is 3.28. The Bertz CT molecular complexity index is 818. The van der Waals surface area contributed by atoms with E-state index in [0.717, 1.165) is 22.3 Å². The largest absolute Gasteiger partial charge is 0.296 e. The third-order valence-corrected chi connectivity index (χ3v) is 4.17. The van der Waals surface area contributed by atoms with Crippen molar-refractivity contribution in [2.75, 3.05) is 5.32 Å². The average molecular weight is 300 g/mol. The summed E-state index contributed by atoms with van der Waals surface area (Å²) in [5.74, 6) is -0.226. The number of amides is 1. The Balaban J connectivity index is 1.87. The fraction of sp³-hybridized carbons (Fsp3) is 0.267. The molecule has 2 heterocycles. The van der Waals surface area contributed by atoms with Gasteiger partial charge in [-0.05, 0) is 44.0 Å². The van der Waals surface area contributed by atoms with Crippen LogP contribution in [0.1, 0.15) is 28.5 Å². The number of anilines is 1. The molecule has 1 aromatic carbocycles. The first-order chi connectivity index (χ1) is 10.1. The maximum Gasteiger partial charge on any atom is 0.277 e. The van der Waals surface area contributed by atoms with Crippen LogP contribution in [0.4, 0.5) is 5.13 Å². The number of nitrogens with zero attached hydrogens (tertiary/aromatic N) is 3. The molecule has 6 heteroatoms. The first-order valence-corrected chi connectivity index (χ1v) is 7.61. The van der Waals surface area contributed by atoms with E-state index in [1.165, 1.54) is 16.9 Å². The highest BCUT2D eigenvalue weighted by atomic mass is 32.1. The molecule has 108 valence electrons. The number of hydrogen-bond acceptors (Lipinski definition) is 4. The Morgan fingerprint density at radius 1 is 1.38 bits per heavy atom. The molecule has 5 nitrogen and oxygen atoms in total. The van der Waals surface area contributed by atoms with E-state index >= 15 is 0 Å². The van der Waals surface area contributed by atoms with Gasteiger partial charge in [-0.1, -0.05) is 17.4 Å². The summed E-state index contributed by atoms with van der Waals surface area (Å²) in [5, 5.41) is 7.62. The van der Waals surface area contributed by atoms with Crippen molar-refractivity contribution in [3.05, 3.63) is 41.2 Å². The molecular formula is C15H16N4OS. The zero-order valence-electron chi connectivity index (χ0n) is 12.2. The quantitative estimate of drug-likeness (QED) is 0.806. The van der Waals surface area contributed by atoms with E-state index in [1.807, 2.05) is 13.8 Å². The summed E-state index contributed by atoms with van der Waals surface area (Å²) in [4.78, 5) is 16.6. The second-order valence-electron chi connectivity index (χ2n) is 4.96. The van der Waals surface area contributed by atoms with Crippen molar-refractivity contribution in [1.82, 2.24) is 14.8 Å². The van der Waals surface area contributed by atoms with Crippen LogP contribution in [0.25, 0.3) is 10.2 Å². The van der Waals surface area contributed by atoms with E-state index in [2.05, 4.69) is 34.5 Å². The molecule has 0 unspecified atom stereocenters. The number of hydrogen-bond donors (Lipinski definition) is 1. The van der Waals surface area contributed by atoms with Gasteiger partial charge in [0.15, 0.2) is 10.8 Å². The Morgan fingerprint density at radius 2 is 2.19 bits per heavy atom. The molecule has 3 aromatic rings. The lowest BCUT2D eigenvalue weighted by Crippen LogP contribution is -2.13. The van der Waals surface area contributed by atoms with Crippen molar-refractivity contribution < 1.29 is 4.79 Å². The molecule has 0 bridgehead atoms. The van der Waals surface area contributed by atoms with Crippen LogP contribution < -0.4 is 5.32 Å². The van der Waals surface area contributed by atoms with Crippen LogP contribution in [0.15, 0.2) is 24.4 Å². The van der Waals surface area contributed by atoms with Gasteiger partial charge >= 0.3 is 0 Å². The van der Waals surface area contributed by atoms with E-state index in [-0.39, 0.29) is 5.91 Å². The third-order valence-electron chi connectivity index (χ3n) is 3.25. The molecule has 0 aliphatic heterocycles. The van der Waals surface area contributed by atoms with Crippen molar-refractivity contribution >= 4 is 32.6 Å². The molecule has 2 aromatic heterocycles. The van der Waals surface area contributed by atoms with Crippen molar-refractivity contribution in [1.29, 1.82) is 0 Å². The van der Waals surface area contributed by atoms with Gasteiger partial charge in [-0.15, -0.1) is 0 Å². The predicted octanol–water partition coefficient (Wildman–Crippen LogP) is 3.38. The predicted molar refractivity (Wildman–Crippen MR) is 84.9 cm³/mol. The minimum atomic E-state index is -0.226. The third kappa shape index (κ3) is 2.67. The molecule has 0 aliphatic rings. The monoisotopic (exact) mass is 300 g/mol. The van der Waals surface area contributed by atoms with Crippen LogP contribution >= 0.6 is 11.3 Å². The normalized spacial score (nSPS) is 11.0. The molecule has 3 rings (SSSR count). The minimum Gasteiger partial charge on any atom is -0.296 e. The lowest BCUT2D eigenvalue weighted by atomic mass is 10.1. The molecule has 1 amide bonds. The maximum atomic E-state index is 12.2. The molecule has 21 heavy (non-hydrogen) atoms. The van der Waals surface area contributed by atoms with Crippen molar-refractivity contribution in [2.45, 2.75) is 27.3 Å². The molecule has 0 atom stereocenters. The van der Waals surface area contributed by atoms with Crippen LogP contribution in [0.2, 0.25) is 0 Å². The summed E-state index contributed by atoms with van der Waals surface area (Å²) in [5.41, 5.74) is 3.67. The van der Waals surface area contributed by atoms with Gasteiger partial charge in [-0.2, -0.15) is 5.10 Å². The van der Waals surface area contributed by atoms with E-state index in [0.29, 0.717) is 10.8 Å². The molecule has 0 radical (unpaired) electrons. The summed E-state index contributed by atoms with van der Waals surface area (Å²) >= 11 is 1.48. The van der Waals surface area contributed by atoms with Crippen molar-refractivity contribution in [3.8, 4) is 0 Å². The van der Waals surface area contributed by atoms with Crippen LogP contribution in [0.3, 0.4) is 0 Å². The molecular weight excluding hydrogens is 284 g/mol. The smallest absolute Gasteiger partial charge is 0.277 e. The van der Waals surface area contributed by atoms with Gasteiger partial charge in [-0.3, -0.25) is 14.8 Å². The van der Waals surface area contributed by atoms with E-state index in [9.17, 15) is 4.79 Å². The number of thiazole rings is 1. The van der Waals surface area contributed by atoms with Gasteiger partial charge < -0.3 is 0 Å². The minimum absolute atomic E-state index is 0.226. The summed E-state index contributed by atoms with van der Waals surface area (Å²) in [6, 6.07) is 5.89. The lowest BCUT2D eigenvalue weighted by Gasteiger charge is -1.97. The number of benzene rings is 1. The number of rotatable bonds is 3. The van der Waals surface area contributed by atoms with Gasteiger partial charge in [0.2, 0.25) is 0 Å². The second kappa shape index (κ2) is 5.29. The van der Waals surface area contributed by atoms with Gasteiger partial charge in [-0.25, -0.2) is 4.98 Å². The second-order valence-corrected chi connectivity index (χ2v) is 5.99. The standard InChI is InChI=1S/C15H16N4OS/c1-4-19-6-5-11(18-19)14(20)17-15-16-13-10(3)7-9(2)8-12(13)21-15/h5-8H,4H2,1-3H3,(H,16,17,20). The number of carbonyl (C=O) groups excluding carboxylic acids is 1.